The first-order valence-corrected chi connectivity index (χ1v) is 14.1. The van der Waals surface area contributed by atoms with Gasteiger partial charge in [0.2, 0.25) is 5.91 Å². The zero-order valence-corrected chi connectivity index (χ0v) is 23.7. The van der Waals surface area contributed by atoms with Gasteiger partial charge in [0.05, 0.1) is 38.3 Å². The minimum absolute atomic E-state index is 0.0102. The number of hydrazine groups is 1. The van der Waals surface area contributed by atoms with E-state index in [2.05, 4.69) is 0 Å². The molecule has 0 aromatic heterocycles. The van der Waals surface area contributed by atoms with Gasteiger partial charge in [-0.1, -0.05) is 19.3 Å². The third kappa shape index (κ3) is 7.38. The number of rotatable bonds is 11. The van der Waals surface area contributed by atoms with Crippen molar-refractivity contribution in [2.75, 3.05) is 27.8 Å². The Morgan fingerprint density at radius 1 is 0.897 bits per heavy atom. The second kappa shape index (κ2) is 13.6. The Balaban J connectivity index is 1.58. The molecule has 2 aromatic carbocycles. The smallest absolute Gasteiger partial charge is 0.226 e. The fraction of sp³-hybridized carbons (Fsp3) is 0.516. The Bertz CT molecular complexity index is 1120. The van der Waals surface area contributed by atoms with Crippen LogP contribution in [0, 0.1) is 5.92 Å². The molecular weight excluding hydrogens is 492 g/mol. The highest BCUT2D eigenvalue weighted by molar-refractivity contribution is 5.80. The van der Waals surface area contributed by atoms with Crippen molar-refractivity contribution in [2.24, 2.45) is 17.5 Å². The molecule has 1 amide bonds. The molecule has 0 unspecified atom stereocenters. The van der Waals surface area contributed by atoms with Gasteiger partial charge in [-0.25, -0.2) is 5.84 Å². The summed E-state index contributed by atoms with van der Waals surface area (Å²) in [4.78, 5) is 15.6. The maximum atomic E-state index is 13.7. The second-order valence-corrected chi connectivity index (χ2v) is 10.7. The summed E-state index contributed by atoms with van der Waals surface area (Å²) in [6.07, 6.45) is 10.2. The number of carbonyl (C=O) groups excluding carboxylic acids is 1. The first-order valence-electron chi connectivity index (χ1n) is 14.1. The normalized spacial score (nSPS) is 16.9. The van der Waals surface area contributed by atoms with Gasteiger partial charge in [0.25, 0.3) is 0 Å². The molecule has 2 fully saturated rings. The summed E-state index contributed by atoms with van der Waals surface area (Å²) >= 11 is 0. The van der Waals surface area contributed by atoms with Gasteiger partial charge in [0, 0.05) is 31.1 Å². The van der Waals surface area contributed by atoms with Crippen LogP contribution in [-0.4, -0.2) is 49.7 Å². The van der Waals surface area contributed by atoms with Crippen molar-refractivity contribution in [3.8, 4) is 17.2 Å². The lowest BCUT2D eigenvalue weighted by Gasteiger charge is -2.30. The number of likely N-dealkylation sites (N-methyl/N-ethyl adjacent to an activating group) is 1. The minimum atomic E-state index is 0.0102. The highest BCUT2D eigenvalue weighted by Crippen LogP contribution is 2.31. The first kappa shape index (κ1) is 28.6. The fourth-order valence-corrected chi connectivity index (χ4v) is 5.65. The molecule has 4 N–H and O–H groups in total. The van der Waals surface area contributed by atoms with E-state index in [4.69, 9.17) is 25.8 Å². The summed E-state index contributed by atoms with van der Waals surface area (Å²) in [5, 5.41) is 1.52. The summed E-state index contributed by atoms with van der Waals surface area (Å²) in [6, 6.07) is 13.5. The molecule has 0 bridgehead atoms. The van der Waals surface area contributed by atoms with E-state index < -0.39 is 0 Å². The molecule has 2 saturated carbocycles. The second-order valence-electron chi connectivity index (χ2n) is 10.7. The van der Waals surface area contributed by atoms with Crippen LogP contribution >= 0.6 is 0 Å². The molecule has 2 aliphatic carbocycles. The predicted octanol–water partition coefficient (Wildman–Crippen LogP) is 5.07. The summed E-state index contributed by atoms with van der Waals surface area (Å²) in [6.45, 7) is 0.658. The number of amides is 1. The molecule has 8 heteroatoms. The average molecular weight is 537 g/mol. The van der Waals surface area contributed by atoms with Crippen LogP contribution in [0.1, 0.15) is 68.9 Å². The molecule has 0 heterocycles. The van der Waals surface area contributed by atoms with E-state index in [9.17, 15) is 4.79 Å². The lowest BCUT2D eigenvalue weighted by molar-refractivity contribution is -0.135. The van der Waals surface area contributed by atoms with Gasteiger partial charge in [-0.05, 0) is 80.5 Å². The van der Waals surface area contributed by atoms with E-state index in [1.165, 1.54) is 24.3 Å². The first-order chi connectivity index (χ1) is 18.9. The van der Waals surface area contributed by atoms with Crippen molar-refractivity contribution in [3.63, 3.8) is 0 Å². The summed E-state index contributed by atoms with van der Waals surface area (Å²) < 4.78 is 17.2. The molecular formula is C31H44N4O4. The van der Waals surface area contributed by atoms with E-state index >= 15 is 0 Å². The molecule has 0 aliphatic heterocycles. The Hall–Kier alpha value is -3.39. The third-order valence-electron chi connectivity index (χ3n) is 7.97. The molecule has 0 radical (unpaired) electrons. The van der Waals surface area contributed by atoms with Gasteiger partial charge < -0.3 is 29.9 Å². The molecule has 2 aliphatic rings. The zero-order chi connectivity index (χ0) is 27.8. The van der Waals surface area contributed by atoms with Crippen molar-refractivity contribution in [1.82, 2.24) is 9.91 Å². The zero-order valence-electron chi connectivity index (χ0n) is 23.7. The van der Waals surface area contributed by atoms with Crippen molar-refractivity contribution in [1.29, 1.82) is 0 Å². The lowest BCUT2D eigenvalue weighted by atomic mass is 9.98. The number of nitrogens with two attached hydrogens (primary N) is 2. The average Bonchev–Trinajstić information content (AvgIpc) is 3.50. The molecule has 2 aromatic rings. The molecule has 4 rings (SSSR count). The number of hydrogen-bond acceptors (Lipinski definition) is 7. The van der Waals surface area contributed by atoms with Gasteiger partial charge in [0.1, 0.15) is 17.2 Å². The summed E-state index contributed by atoms with van der Waals surface area (Å²) in [5.41, 5.74) is 9.65. The molecule has 0 saturated heterocycles. The monoisotopic (exact) mass is 536 g/mol. The number of methoxy groups -OCH3 is 2. The largest absolute Gasteiger partial charge is 0.497 e. The van der Waals surface area contributed by atoms with E-state index in [-0.39, 0.29) is 24.5 Å². The van der Waals surface area contributed by atoms with Gasteiger partial charge in [0.15, 0.2) is 0 Å². The number of hydrogen-bond donors (Lipinski definition) is 2. The number of ether oxygens (including phenoxy) is 3. The van der Waals surface area contributed by atoms with Crippen LogP contribution in [0.5, 0.6) is 17.2 Å². The van der Waals surface area contributed by atoms with Gasteiger partial charge in [-0.15, -0.1) is 0 Å². The maximum absolute atomic E-state index is 13.7. The Labute approximate surface area is 232 Å². The van der Waals surface area contributed by atoms with Crippen LogP contribution in [0.3, 0.4) is 0 Å². The van der Waals surface area contributed by atoms with E-state index in [0.29, 0.717) is 29.4 Å². The Morgan fingerprint density at radius 2 is 1.54 bits per heavy atom. The van der Waals surface area contributed by atoms with Crippen LogP contribution < -0.4 is 25.8 Å². The van der Waals surface area contributed by atoms with Crippen LogP contribution in [0.2, 0.25) is 0 Å². The van der Waals surface area contributed by atoms with Crippen LogP contribution in [0.25, 0.3) is 5.70 Å². The SMILES string of the molecule is COc1ccc(CN(C/C(=C(/N)c2ccc(OC3CCCCC3)cc2)N(C)N)C(=O)C2CCCC2)c(OC)c1. The van der Waals surface area contributed by atoms with Crippen molar-refractivity contribution < 1.29 is 19.0 Å². The fourth-order valence-electron chi connectivity index (χ4n) is 5.65. The third-order valence-corrected chi connectivity index (χ3v) is 7.97. The molecule has 39 heavy (non-hydrogen) atoms. The predicted molar refractivity (Wildman–Crippen MR) is 154 cm³/mol. The summed E-state index contributed by atoms with van der Waals surface area (Å²) in [7, 11) is 5.00. The number of carbonyl (C=O) groups is 1. The van der Waals surface area contributed by atoms with Crippen molar-refractivity contribution in [2.45, 2.75) is 70.4 Å². The lowest BCUT2D eigenvalue weighted by Crippen LogP contribution is -2.41. The molecule has 0 atom stereocenters. The number of benzene rings is 2. The summed E-state index contributed by atoms with van der Waals surface area (Å²) in [5.74, 6) is 8.66. The standard InChI is InChI=1S/C31H44N4O4/c1-34(33)28(30(32)22-13-16-26(17-14-22)39-25-11-5-4-6-12-25)21-35(31(36)23-9-7-8-10-23)20-24-15-18-27(37-2)19-29(24)38-3/h13-19,23,25H,4-12,20-21,32-33H2,1-3H3/b30-28-. The topological polar surface area (TPSA) is 103 Å². The van der Waals surface area contributed by atoms with Crippen molar-refractivity contribution in [3.05, 3.63) is 59.3 Å². The van der Waals surface area contributed by atoms with Crippen molar-refractivity contribution >= 4 is 11.6 Å². The highest BCUT2D eigenvalue weighted by atomic mass is 16.5. The molecule has 212 valence electrons. The van der Waals surface area contributed by atoms with Crippen LogP contribution in [0.15, 0.2) is 48.2 Å². The van der Waals surface area contributed by atoms with Gasteiger partial charge in [-0.3, -0.25) is 4.79 Å². The van der Waals surface area contributed by atoms with Gasteiger partial charge in [-0.2, -0.15) is 0 Å². The van der Waals surface area contributed by atoms with E-state index in [0.717, 1.165) is 55.4 Å². The highest BCUT2D eigenvalue weighted by Gasteiger charge is 2.29. The van der Waals surface area contributed by atoms with E-state index in [1.807, 2.05) is 47.4 Å². The molecule has 8 nitrogen and oxygen atoms in total. The Kier molecular flexibility index (Phi) is 9.98. The van der Waals surface area contributed by atoms with Crippen LogP contribution in [0.4, 0.5) is 0 Å². The Morgan fingerprint density at radius 3 is 2.15 bits per heavy atom. The van der Waals surface area contributed by atoms with Crippen LogP contribution in [-0.2, 0) is 11.3 Å². The number of nitrogens with zero attached hydrogens (tertiary/aromatic N) is 2. The minimum Gasteiger partial charge on any atom is -0.497 e. The van der Waals surface area contributed by atoms with E-state index in [1.54, 1.807) is 21.3 Å². The van der Waals surface area contributed by atoms with Gasteiger partial charge >= 0.3 is 0 Å². The maximum Gasteiger partial charge on any atom is 0.226 e. The quantitative estimate of drug-likeness (QED) is 0.305. The molecule has 0 spiro atoms.